The van der Waals surface area contributed by atoms with Crippen LogP contribution in [0.3, 0.4) is 0 Å². The van der Waals surface area contributed by atoms with Gasteiger partial charge in [-0.05, 0) is 30.7 Å². The Morgan fingerprint density at radius 2 is 2.17 bits per heavy atom. The number of aryl methyl sites for hydroxylation is 1. The lowest BCUT2D eigenvalue weighted by atomic mass is 10.2. The summed E-state index contributed by atoms with van der Waals surface area (Å²) in [4.78, 5) is 11.0. The highest BCUT2D eigenvalue weighted by Crippen LogP contribution is 2.18. The van der Waals surface area contributed by atoms with Gasteiger partial charge < -0.3 is 9.84 Å². The van der Waals surface area contributed by atoms with Crippen molar-refractivity contribution in [3.8, 4) is 5.75 Å². The Bertz CT molecular complexity index is 421. The highest BCUT2D eigenvalue weighted by molar-refractivity contribution is 5.73. The summed E-state index contributed by atoms with van der Waals surface area (Å²) in [6.45, 7) is 5.43. The van der Waals surface area contributed by atoms with Crippen LogP contribution in [-0.2, 0) is 4.79 Å². The van der Waals surface area contributed by atoms with Crippen LogP contribution in [0.25, 0.3) is 0 Å². The Morgan fingerprint density at radius 1 is 1.50 bits per heavy atom. The van der Waals surface area contributed by atoms with Crippen molar-refractivity contribution < 1.29 is 19.0 Å². The van der Waals surface area contributed by atoms with E-state index in [1.807, 2.05) is 13.8 Å². The Morgan fingerprint density at radius 3 is 2.67 bits per heavy atom. The number of halogens is 1. The first-order chi connectivity index (χ1) is 8.40. The topological polar surface area (TPSA) is 58.6 Å². The van der Waals surface area contributed by atoms with Gasteiger partial charge in [-0.2, -0.15) is 0 Å². The normalized spacial score (nSPS) is 12.5. The van der Waals surface area contributed by atoms with Gasteiger partial charge in [-0.1, -0.05) is 13.8 Å². The maximum absolute atomic E-state index is 12.9. The molecule has 5 heteroatoms. The molecule has 100 valence electrons. The summed E-state index contributed by atoms with van der Waals surface area (Å²) in [5.74, 6) is -0.813. The van der Waals surface area contributed by atoms with Crippen LogP contribution in [0.2, 0.25) is 0 Å². The second-order valence-corrected chi connectivity index (χ2v) is 4.43. The fraction of sp³-hybridized carbons (Fsp3) is 0.462. The van der Waals surface area contributed by atoms with Gasteiger partial charge in [0.05, 0.1) is 0 Å². The van der Waals surface area contributed by atoms with Gasteiger partial charge in [-0.3, -0.25) is 10.1 Å². The number of benzene rings is 1. The molecule has 0 bridgehead atoms. The van der Waals surface area contributed by atoms with Gasteiger partial charge in [0.2, 0.25) is 0 Å². The molecule has 0 aliphatic heterocycles. The molecule has 0 aliphatic rings. The zero-order chi connectivity index (χ0) is 13.7. The van der Waals surface area contributed by atoms with Gasteiger partial charge >= 0.3 is 5.97 Å². The molecule has 4 nitrogen and oxygen atoms in total. The van der Waals surface area contributed by atoms with Crippen LogP contribution in [0.1, 0.15) is 19.4 Å². The Kier molecular flexibility index (Phi) is 5.09. The molecule has 0 aromatic heterocycles. The fourth-order valence-electron chi connectivity index (χ4n) is 1.54. The molecule has 0 saturated heterocycles. The van der Waals surface area contributed by atoms with Gasteiger partial charge in [-0.15, -0.1) is 0 Å². The van der Waals surface area contributed by atoms with Crippen molar-refractivity contribution in [2.24, 2.45) is 0 Å². The minimum Gasteiger partial charge on any atom is -0.491 e. The molecular formula is C13H18FNO3. The van der Waals surface area contributed by atoms with Crippen LogP contribution >= 0.6 is 0 Å². The van der Waals surface area contributed by atoms with E-state index in [1.54, 1.807) is 6.92 Å². The third-order valence-corrected chi connectivity index (χ3v) is 2.38. The molecule has 1 aromatic carbocycles. The molecule has 0 saturated carbocycles. The molecular weight excluding hydrogens is 237 g/mol. The molecule has 1 atom stereocenters. The van der Waals surface area contributed by atoms with Crippen molar-refractivity contribution in [3.63, 3.8) is 0 Å². The van der Waals surface area contributed by atoms with E-state index in [9.17, 15) is 9.18 Å². The highest BCUT2D eigenvalue weighted by Gasteiger charge is 2.19. The first-order valence-electron chi connectivity index (χ1n) is 5.78. The lowest BCUT2D eigenvalue weighted by molar-refractivity contribution is -0.140. The average molecular weight is 255 g/mol. The van der Waals surface area contributed by atoms with E-state index in [-0.39, 0.29) is 18.5 Å². The van der Waals surface area contributed by atoms with Crippen molar-refractivity contribution in [1.82, 2.24) is 5.32 Å². The molecule has 0 fully saturated rings. The molecule has 1 rings (SSSR count). The quantitative estimate of drug-likeness (QED) is 0.816. The van der Waals surface area contributed by atoms with Crippen LogP contribution in [-0.4, -0.2) is 29.8 Å². The largest absolute Gasteiger partial charge is 0.491 e. The fourth-order valence-corrected chi connectivity index (χ4v) is 1.54. The number of ether oxygens (including phenoxy) is 1. The standard InChI is InChI=1S/C13H18FNO3/c1-8(2)15-11(13(16)17)7-18-12-5-4-10(14)6-9(12)3/h4-6,8,11,15H,7H2,1-3H3,(H,16,17). The predicted octanol–water partition coefficient (Wildman–Crippen LogP) is 1.96. The smallest absolute Gasteiger partial charge is 0.324 e. The zero-order valence-electron chi connectivity index (χ0n) is 10.7. The summed E-state index contributed by atoms with van der Waals surface area (Å²) in [6.07, 6.45) is 0. The lowest BCUT2D eigenvalue weighted by Crippen LogP contribution is -2.44. The third kappa shape index (κ3) is 4.33. The second-order valence-electron chi connectivity index (χ2n) is 4.43. The average Bonchev–Trinajstić information content (AvgIpc) is 2.25. The van der Waals surface area contributed by atoms with Crippen molar-refractivity contribution in [3.05, 3.63) is 29.6 Å². The monoisotopic (exact) mass is 255 g/mol. The van der Waals surface area contributed by atoms with E-state index in [4.69, 9.17) is 9.84 Å². The number of carboxylic acid groups (broad SMARTS) is 1. The van der Waals surface area contributed by atoms with Gasteiger partial charge in [0.15, 0.2) is 0 Å². The van der Waals surface area contributed by atoms with Crippen LogP contribution in [0.4, 0.5) is 4.39 Å². The highest BCUT2D eigenvalue weighted by atomic mass is 19.1. The first kappa shape index (κ1) is 14.4. The van der Waals surface area contributed by atoms with Crippen LogP contribution in [0, 0.1) is 12.7 Å². The number of hydrogen-bond acceptors (Lipinski definition) is 3. The molecule has 0 aliphatic carbocycles. The SMILES string of the molecule is Cc1cc(F)ccc1OCC(NC(C)C)C(=O)O. The van der Waals surface area contributed by atoms with Gasteiger partial charge in [-0.25, -0.2) is 4.39 Å². The van der Waals surface area contributed by atoms with Crippen molar-refractivity contribution in [2.45, 2.75) is 32.9 Å². The summed E-state index contributed by atoms with van der Waals surface area (Å²) in [5, 5.41) is 11.9. The zero-order valence-corrected chi connectivity index (χ0v) is 10.7. The number of nitrogens with one attached hydrogen (secondary N) is 1. The van der Waals surface area contributed by atoms with E-state index in [2.05, 4.69) is 5.32 Å². The van der Waals surface area contributed by atoms with E-state index < -0.39 is 12.0 Å². The summed E-state index contributed by atoms with van der Waals surface area (Å²) < 4.78 is 18.3. The molecule has 2 N–H and O–H groups in total. The maximum Gasteiger partial charge on any atom is 0.324 e. The third-order valence-electron chi connectivity index (χ3n) is 2.38. The van der Waals surface area contributed by atoms with Crippen LogP contribution < -0.4 is 10.1 Å². The second kappa shape index (κ2) is 6.35. The van der Waals surface area contributed by atoms with Gasteiger partial charge in [0, 0.05) is 6.04 Å². The Hall–Kier alpha value is -1.62. The lowest BCUT2D eigenvalue weighted by Gasteiger charge is -2.18. The number of rotatable bonds is 6. The number of carboxylic acids is 1. The summed E-state index contributed by atoms with van der Waals surface area (Å²) >= 11 is 0. The maximum atomic E-state index is 12.9. The summed E-state index contributed by atoms with van der Waals surface area (Å²) in [5.41, 5.74) is 0.642. The van der Waals surface area contributed by atoms with Crippen LogP contribution in [0.15, 0.2) is 18.2 Å². The molecule has 0 amide bonds. The summed E-state index contributed by atoms with van der Waals surface area (Å²) in [7, 11) is 0. The first-order valence-corrected chi connectivity index (χ1v) is 5.78. The van der Waals surface area contributed by atoms with E-state index in [1.165, 1.54) is 18.2 Å². The molecule has 1 aromatic rings. The Balaban J connectivity index is 2.64. The van der Waals surface area contributed by atoms with Crippen molar-refractivity contribution in [1.29, 1.82) is 0 Å². The van der Waals surface area contributed by atoms with Crippen molar-refractivity contribution in [2.75, 3.05) is 6.61 Å². The van der Waals surface area contributed by atoms with Crippen molar-refractivity contribution >= 4 is 5.97 Å². The van der Waals surface area contributed by atoms with E-state index >= 15 is 0 Å². The number of hydrogen-bond donors (Lipinski definition) is 2. The van der Waals surface area contributed by atoms with E-state index in [0.29, 0.717) is 11.3 Å². The molecule has 0 spiro atoms. The molecule has 0 heterocycles. The van der Waals surface area contributed by atoms with Gasteiger partial charge in [0.1, 0.15) is 24.2 Å². The molecule has 18 heavy (non-hydrogen) atoms. The van der Waals surface area contributed by atoms with E-state index in [0.717, 1.165) is 0 Å². The minimum atomic E-state index is -0.969. The molecule has 1 unspecified atom stereocenters. The number of aliphatic carboxylic acids is 1. The molecule has 0 radical (unpaired) electrons. The number of carbonyl (C=O) groups is 1. The Labute approximate surface area is 106 Å². The summed E-state index contributed by atoms with van der Waals surface area (Å²) in [6, 6.07) is 3.40. The van der Waals surface area contributed by atoms with Crippen LogP contribution in [0.5, 0.6) is 5.75 Å². The van der Waals surface area contributed by atoms with Gasteiger partial charge in [0.25, 0.3) is 0 Å². The minimum absolute atomic E-state index is 0.0000142. The predicted molar refractivity (Wildman–Crippen MR) is 66.3 cm³/mol.